The van der Waals surface area contributed by atoms with Crippen LogP contribution >= 0.6 is 12.2 Å². The summed E-state index contributed by atoms with van der Waals surface area (Å²) < 4.78 is 14.0. The number of rotatable bonds is 8. The Morgan fingerprint density at radius 3 is 2.58 bits per heavy atom. The summed E-state index contributed by atoms with van der Waals surface area (Å²) in [7, 11) is 0. The number of halogens is 1. The molecule has 0 heterocycles. The van der Waals surface area contributed by atoms with E-state index in [0.717, 1.165) is 32.1 Å². The van der Waals surface area contributed by atoms with Gasteiger partial charge in [0.25, 0.3) is 0 Å². The van der Waals surface area contributed by atoms with E-state index in [4.69, 9.17) is 18.0 Å². The van der Waals surface area contributed by atoms with Gasteiger partial charge in [-0.25, -0.2) is 4.39 Å². The molecule has 1 unspecified atom stereocenters. The summed E-state index contributed by atoms with van der Waals surface area (Å²) in [5.41, 5.74) is 6.60. The molecule has 0 saturated heterocycles. The highest BCUT2D eigenvalue weighted by Crippen LogP contribution is 2.20. The van der Waals surface area contributed by atoms with E-state index in [-0.39, 0.29) is 10.8 Å². The van der Waals surface area contributed by atoms with E-state index in [1.807, 2.05) is 0 Å². The highest BCUT2D eigenvalue weighted by molar-refractivity contribution is 7.80. The van der Waals surface area contributed by atoms with Gasteiger partial charge in [0.2, 0.25) is 0 Å². The summed E-state index contributed by atoms with van der Waals surface area (Å²) in [5, 5.41) is 3.29. The van der Waals surface area contributed by atoms with Crippen molar-refractivity contribution in [2.45, 2.75) is 52.0 Å². The van der Waals surface area contributed by atoms with Crippen molar-refractivity contribution < 1.29 is 4.39 Å². The van der Waals surface area contributed by atoms with E-state index < -0.39 is 0 Å². The third-order valence-corrected chi connectivity index (χ3v) is 3.39. The van der Waals surface area contributed by atoms with Gasteiger partial charge in [-0.3, -0.25) is 0 Å². The minimum Gasteiger partial charge on any atom is -0.389 e. The summed E-state index contributed by atoms with van der Waals surface area (Å²) in [6.45, 7) is 4.31. The molecular weight excluding hydrogens is 259 g/mol. The lowest BCUT2D eigenvalue weighted by molar-refractivity contribution is 0.556. The molecule has 0 radical (unpaired) electrons. The minimum atomic E-state index is -0.289. The molecule has 0 aliphatic rings. The standard InChI is InChI=1S/C15H23FN2S/c1-3-5-7-12(6-4-2)18-14-9-8-11(15(17)19)10-13(14)16/h8-10,12,18H,3-7H2,1-2H3,(H2,17,19). The zero-order valence-corrected chi connectivity index (χ0v) is 12.5. The van der Waals surface area contributed by atoms with E-state index in [1.165, 1.54) is 6.07 Å². The number of benzene rings is 1. The third-order valence-electron chi connectivity index (χ3n) is 3.16. The van der Waals surface area contributed by atoms with E-state index in [0.29, 0.717) is 17.3 Å². The lowest BCUT2D eigenvalue weighted by atomic mass is 10.0. The molecule has 1 aromatic carbocycles. The van der Waals surface area contributed by atoms with Gasteiger partial charge in [-0.05, 0) is 31.0 Å². The van der Waals surface area contributed by atoms with Crippen LogP contribution in [0.2, 0.25) is 0 Å². The number of hydrogen-bond donors (Lipinski definition) is 2. The Labute approximate surface area is 120 Å². The smallest absolute Gasteiger partial charge is 0.146 e. The minimum absolute atomic E-state index is 0.224. The maximum absolute atomic E-state index is 14.0. The van der Waals surface area contributed by atoms with Gasteiger partial charge in [-0.2, -0.15) is 0 Å². The van der Waals surface area contributed by atoms with Crippen molar-refractivity contribution in [3.63, 3.8) is 0 Å². The highest BCUT2D eigenvalue weighted by Gasteiger charge is 2.11. The Hall–Kier alpha value is -1.16. The SMILES string of the molecule is CCCCC(CCC)Nc1ccc(C(N)=S)cc1F. The molecule has 4 heteroatoms. The van der Waals surface area contributed by atoms with E-state index >= 15 is 0 Å². The quantitative estimate of drug-likeness (QED) is 0.701. The number of nitrogens with two attached hydrogens (primary N) is 1. The first kappa shape index (κ1) is 15.9. The van der Waals surface area contributed by atoms with Gasteiger partial charge >= 0.3 is 0 Å². The normalized spacial score (nSPS) is 12.2. The zero-order chi connectivity index (χ0) is 14.3. The van der Waals surface area contributed by atoms with Gasteiger partial charge in [0.15, 0.2) is 0 Å². The molecule has 0 bridgehead atoms. The zero-order valence-electron chi connectivity index (χ0n) is 11.7. The van der Waals surface area contributed by atoms with Crippen molar-refractivity contribution >= 4 is 22.9 Å². The fourth-order valence-electron chi connectivity index (χ4n) is 2.09. The summed E-state index contributed by atoms with van der Waals surface area (Å²) in [6, 6.07) is 5.21. The molecule has 0 aromatic heterocycles. The molecule has 1 atom stereocenters. The summed E-state index contributed by atoms with van der Waals surface area (Å²) >= 11 is 4.84. The fourth-order valence-corrected chi connectivity index (χ4v) is 2.22. The average molecular weight is 282 g/mol. The lowest BCUT2D eigenvalue weighted by Gasteiger charge is -2.19. The Morgan fingerprint density at radius 2 is 2.05 bits per heavy atom. The van der Waals surface area contributed by atoms with Crippen LogP contribution in [0.4, 0.5) is 10.1 Å². The highest BCUT2D eigenvalue weighted by atomic mass is 32.1. The van der Waals surface area contributed by atoms with Gasteiger partial charge in [-0.1, -0.05) is 45.3 Å². The van der Waals surface area contributed by atoms with Crippen molar-refractivity contribution in [3.05, 3.63) is 29.6 Å². The number of anilines is 1. The van der Waals surface area contributed by atoms with Crippen LogP contribution in [0.15, 0.2) is 18.2 Å². The topological polar surface area (TPSA) is 38.0 Å². The number of nitrogens with one attached hydrogen (secondary N) is 1. The summed E-state index contributed by atoms with van der Waals surface area (Å²) in [6.07, 6.45) is 5.53. The van der Waals surface area contributed by atoms with Crippen LogP contribution in [0.5, 0.6) is 0 Å². The molecule has 106 valence electrons. The van der Waals surface area contributed by atoms with Crippen LogP contribution < -0.4 is 11.1 Å². The summed E-state index contributed by atoms with van der Waals surface area (Å²) in [5.74, 6) is -0.289. The van der Waals surface area contributed by atoms with Crippen molar-refractivity contribution in [1.29, 1.82) is 0 Å². The maximum Gasteiger partial charge on any atom is 0.146 e. The van der Waals surface area contributed by atoms with Gasteiger partial charge in [0, 0.05) is 11.6 Å². The molecule has 19 heavy (non-hydrogen) atoms. The van der Waals surface area contributed by atoms with Crippen molar-refractivity contribution in [3.8, 4) is 0 Å². The predicted molar refractivity (Wildman–Crippen MR) is 84.1 cm³/mol. The second kappa shape index (κ2) is 8.10. The first-order valence-corrected chi connectivity index (χ1v) is 7.35. The predicted octanol–water partition coefficient (Wildman–Crippen LogP) is 4.23. The monoisotopic (exact) mass is 282 g/mol. The number of hydrogen-bond acceptors (Lipinski definition) is 2. The first-order valence-electron chi connectivity index (χ1n) is 6.94. The maximum atomic E-state index is 14.0. The molecule has 0 spiro atoms. The fraction of sp³-hybridized carbons (Fsp3) is 0.533. The van der Waals surface area contributed by atoms with Gasteiger partial charge in [-0.15, -0.1) is 0 Å². The van der Waals surface area contributed by atoms with Crippen LogP contribution in [-0.4, -0.2) is 11.0 Å². The number of unbranched alkanes of at least 4 members (excludes halogenated alkanes) is 1. The van der Waals surface area contributed by atoms with E-state index in [2.05, 4.69) is 19.2 Å². The van der Waals surface area contributed by atoms with Crippen molar-refractivity contribution in [2.75, 3.05) is 5.32 Å². The molecule has 1 rings (SSSR count). The van der Waals surface area contributed by atoms with Crippen molar-refractivity contribution in [1.82, 2.24) is 0 Å². The van der Waals surface area contributed by atoms with Gasteiger partial charge in [0.1, 0.15) is 10.8 Å². The molecule has 2 nitrogen and oxygen atoms in total. The van der Waals surface area contributed by atoms with Crippen LogP contribution in [0.25, 0.3) is 0 Å². The Morgan fingerprint density at radius 1 is 1.32 bits per heavy atom. The first-order chi connectivity index (χ1) is 9.08. The molecule has 1 aromatic rings. The second-order valence-electron chi connectivity index (χ2n) is 4.83. The molecule has 0 saturated carbocycles. The van der Waals surface area contributed by atoms with E-state index in [9.17, 15) is 4.39 Å². The van der Waals surface area contributed by atoms with Crippen molar-refractivity contribution in [2.24, 2.45) is 5.73 Å². The largest absolute Gasteiger partial charge is 0.389 e. The van der Waals surface area contributed by atoms with Crippen LogP contribution in [-0.2, 0) is 0 Å². The third kappa shape index (κ3) is 5.15. The van der Waals surface area contributed by atoms with Gasteiger partial charge < -0.3 is 11.1 Å². The van der Waals surface area contributed by atoms with Crippen LogP contribution in [0, 0.1) is 5.82 Å². The molecule has 3 N–H and O–H groups in total. The average Bonchev–Trinajstić information content (AvgIpc) is 2.38. The summed E-state index contributed by atoms with van der Waals surface area (Å²) in [4.78, 5) is 0.224. The Kier molecular flexibility index (Phi) is 6.78. The van der Waals surface area contributed by atoms with Crippen LogP contribution in [0.1, 0.15) is 51.5 Å². The molecule has 0 aliphatic carbocycles. The van der Waals surface area contributed by atoms with Gasteiger partial charge in [0.05, 0.1) is 5.69 Å². The second-order valence-corrected chi connectivity index (χ2v) is 5.27. The Balaban J connectivity index is 2.75. The van der Waals surface area contributed by atoms with Crippen LogP contribution in [0.3, 0.4) is 0 Å². The molecule has 0 amide bonds. The van der Waals surface area contributed by atoms with E-state index in [1.54, 1.807) is 12.1 Å². The number of thiocarbonyl (C=S) groups is 1. The Bertz CT molecular complexity index is 421. The molecule has 0 fully saturated rings. The lowest BCUT2D eigenvalue weighted by Crippen LogP contribution is -2.20. The molecular formula is C15H23FN2S. The molecule has 0 aliphatic heterocycles.